The number of hydrogen-bond acceptors (Lipinski definition) is 3. The van der Waals surface area contributed by atoms with Gasteiger partial charge in [-0.25, -0.2) is 8.42 Å². The molecule has 0 aliphatic rings. The summed E-state index contributed by atoms with van der Waals surface area (Å²) in [4.78, 5) is 0. The van der Waals surface area contributed by atoms with Gasteiger partial charge in [-0.2, -0.15) is 4.31 Å². The zero-order chi connectivity index (χ0) is 13.6. The number of aliphatic hydroxyl groups excluding tert-OH is 1. The highest BCUT2D eigenvalue weighted by molar-refractivity contribution is 7.88. The summed E-state index contributed by atoms with van der Waals surface area (Å²) in [5, 5.41) is 8.91. The minimum Gasteiger partial charge on any atom is -0.392 e. The van der Waals surface area contributed by atoms with Crippen molar-refractivity contribution < 1.29 is 13.5 Å². The monoisotopic (exact) mass is 267 g/mol. The smallest absolute Gasteiger partial charge is 0.219 e. The minimum absolute atomic E-state index is 0.0504. The molecule has 0 aliphatic carbocycles. The quantitative estimate of drug-likeness (QED) is 0.781. The Morgan fingerprint density at radius 3 is 2.28 bits per heavy atom. The summed E-state index contributed by atoms with van der Waals surface area (Å²) in [6.45, 7) is 2.16. The predicted molar refractivity (Wildman–Crippen MR) is 71.1 cm³/mol. The molecule has 0 radical (unpaired) electrons. The summed E-state index contributed by atoms with van der Waals surface area (Å²) in [5.74, 6) is 2.27. The molecule has 1 aromatic rings. The Balaban J connectivity index is 2.84. The normalized spacial score (nSPS) is 11.4. The zero-order valence-electron chi connectivity index (χ0n) is 10.3. The highest BCUT2D eigenvalue weighted by Gasteiger charge is 2.19. The van der Waals surface area contributed by atoms with Gasteiger partial charge < -0.3 is 5.11 Å². The topological polar surface area (TPSA) is 57.6 Å². The van der Waals surface area contributed by atoms with Crippen molar-refractivity contribution in [3.63, 3.8) is 0 Å². The van der Waals surface area contributed by atoms with Gasteiger partial charge in [-0.15, -0.1) is 6.42 Å². The molecule has 0 bridgehead atoms. The molecule has 1 rings (SSSR count). The van der Waals surface area contributed by atoms with E-state index in [0.717, 1.165) is 5.56 Å². The Bertz CT molecular complexity index is 514. The van der Waals surface area contributed by atoms with Gasteiger partial charge in [-0.1, -0.05) is 37.1 Å². The Kier molecular flexibility index (Phi) is 5.35. The average molecular weight is 267 g/mol. The van der Waals surface area contributed by atoms with Crippen LogP contribution in [0.3, 0.4) is 0 Å². The first-order valence-electron chi connectivity index (χ1n) is 5.63. The lowest BCUT2D eigenvalue weighted by molar-refractivity contribution is 0.282. The van der Waals surface area contributed by atoms with Gasteiger partial charge in [0.05, 0.1) is 18.9 Å². The van der Waals surface area contributed by atoms with Crippen molar-refractivity contribution in [2.75, 3.05) is 13.1 Å². The van der Waals surface area contributed by atoms with Crippen LogP contribution in [0, 0.1) is 12.3 Å². The number of benzene rings is 1. The Hall–Kier alpha value is -1.35. The lowest BCUT2D eigenvalue weighted by Crippen LogP contribution is -2.32. The first kappa shape index (κ1) is 14.7. The predicted octanol–water partition coefficient (Wildman–Crippen LogP) is 0.964. The SMILES string of the molecule is C#CCN(CC)S(=O)(=O)Cc1ccc(CO)cc1. The second kappa shape index (κ2) is 6.55. The molecule has 0 spiro atoms. The largest absolute Gasteiger partial charge is 0.392 e. The Morgan fingerprint density at radius 1 is 1.28 bits per heavy atom. The molecule has 0 aliphatic heterocycles. The number of aliphatic hydroxyl groups is 1. The van der Waals surface area contributed by atoms with Gasteiger partial charge >= 0.3 is 0 Å². The summed E-state index contributed by atoms with van der Waals surface area (Å²) in [6.07, 6.45) is 5.15. The second-order valence-electron chi connectivity index (χ2n) is 3.86. The first-order chi connectivity index (χ1) is 8.53. The van der Waals surface area contributed by atoms with Crippen molar-refractivity contribution in [1.82, 2.24) is 4.31 Å². The Labute approximate surface area is 108 Å². The highest BCUT2D eigenvalue weighted by atomic mass is 32.2. The van der Waals surface area contributed by atoms with Crippen LogP contribution in [0.5, 0.6) is 0 Å². The maximum atomic E-state index is 12.1. The van der Waals surface area contributed by atoms with Crippen molar-refractivity contribution in [3.05, 3.63) is 35.4 Å². The van der Waals surface area contributed by atoms with Crippen LogP contribution in [-0.4, -0.2) is 30.9 Å². The highest BCUT2D eigenvalue weighted by Crippen LogP contribution is 2.12. The molecule has 0 atom stereocenters. The molecule has 98 valence electrons. The van der Waals surface area contributed by atoms with E-state index in [-0.39, 0.29) is 18.9 Å². The van der Waals surface area contributed by atoms with Gasteiger partial charge in [0, 0.05) is 6.54 Å². The average Bonchev–Trinajstić information content (AvgIpc) is 2.36. The summed E-state index contributed by atoms with van der Waals surface area (Å²) < 4.78 is 25.4. The van der Waals surface area contributed by atoms with Gasteiger partial charge in [-0.05, 0) is 11.1 Å². The van der Waals surface area contributed by atoms with Gasteiger partial charge in [0.2, 0.25) is 10.0 Å². The Morgan fingerprint density at radius 2 is 1.83 bits per heavy atom. The third-order valence-corrected chi connectivity index (χ3v) is 4.44. The summed E-state index contributed by atoms with van der Waals surface area (Å²) in [6, 6.07) is 6.82. The molecule has 0 aromatic heterocycles. The van der Waals surface area contributed by atoms with Gasteiger partial charge in [0.15, 0.2) is 0 Å². The van der Waals surface area contributed by atoms with E-state index in [0.29, 0.717) is 12.1 Å². The lowest BCUT2D eigenvalue weighted by Gasteiger charge is -2.17. The number of sulfonamides is 1. The molecule has 5 heteroatoms. The number of terminal acetylenes is 1. The van der Waals surface area contributed by atoms with Crippen LogP contribution in [-0.2, 0) is 22.4 Å². The van der Waals surface area contributed by atoms with Crippen LogP contribution in [0.25, 0.3) is 0 Å². The van der Waals surface area contributed by atoms with E-state index < -0.39 is 10.0 Å². The van der Waals surface area contributed by atoms with Crippen molar-refractivity contribution in [2.45, 2.75) is 19.3 Å². The number of hydrogen-bond donors (Lipinski definition) is 1. The van der Waals surface area contributed by atoms with Crippen molar-refractivity contribution in [3.8, 4) is 12.3 Å². The van der Waals surface area contributed by atoms with E-state index in [4.69, 9.17) is 11.5 Å². The van der Waals surface area contributed by atoms with Crippen LogP contribution in [0.1, 0.15) is 18.1 Å². The van der Waals surface area contributed by atoms with Crippen LogP contribution < -0.4 is 0 Å². The standard InChI is InChI=1S/C13H17NO3S/c1-3-9-14(4-2)18(16,17)11-13-7-5-12(10-15)6-8-13/h1,5-8,15H,4,9-11H2,2H3. The molecule has 0 saturated heterocycles. The zero-order valence-corrected chi connectivity index (χ0v) is 11.2. The van der Waals surface area contributed by atoms with Crippen LogP contribution >= 0.6 is 0 Å². The molecule has 1 aromatic carbocycles. The van der Waals surface area contributed by atoms with Crippen LogP contribution in [0.4, 0.5) is 0 Å². The minimum atomic E-state index is -3.38. The molecule has 18 heavy (non-hydrogen) atoms. The van der Waals surface area contributed by atoms with E-state index >= 15 is 0 Å². The maximum absolute atomic E-state index is 12.1. The molecule has 4 nitrogen and oxygen atoms in total. The van der Waals surface area contributed by atoms with Crippen molar-refractivity contribution in [2.24, 2.45) is 0 Å². The van der Waals surface area contributed by atoms with E-state index in [2.05, 4.69) is 5.92 Å². The summed E-state index contributed by atoms with van der Waals surface area (Å²) in [7, 11) is -3.38. The van der Waals surface area contributed by atoms with E-state index in [9.17, 15) is 8.42 Å². The lowest BCUT2D eigenvalue weighted by atomic mass is 10.2. The molecular weight excluding hydrogens is 250 g/mol. The molecule has 0 unspecified atom stereocenters. The summed E-state index contributed by atoms with van der Waals surface area (Å²) >= 11 is 0. The second-order valence-corrected chi connectivity index (χ2v) is 5.83. The van der Waals surface area contributed by atoms with E-state index in [1.54, 1.807) is 31.2 Å². The fraction of sp³-hybridized carbons (Fsp3) is 0.385. The molecule has 1 N–H and O–H groups in total. The van der Waals surface area contributed by atoms with Crippen molar-refractivity contribution >= 4 is 10.0 Å². The van der Waals surface area contributed by atoms with Crippen LogP contribution in [0.15, 0.2) is 24.3 Å². The third-order valence-electron chi connectivity index (χ3n) is 2.57. The van der Waals surface area contributed by atoms with E-state index in [1.165, 1.54) is 4.31 Å². The molecule has 0 amide bonds. The van der Waals surface area contributed by atoms with Gasteiger partial charge in [0.1, 0.15) is 0 Å². The molecule has 0 saturated carbocycles. The fourth-order valence-electron chi connectivity index (χ4n) is 1.55. The van der Waals surface area contributed by atoms with E-state index in [1.807, 2.05) is 0 Å². The number of nitrogens with zero attached hydrogens (tertiary/aromatic N) is 1. The molecule has 0 heterocycles. The fourth-order valence-corrected chi connectivity index (χ4v) is 3.01. The number of rotatable bonds is 6. The summed E-state index contributed by atoms with van der Waals surface area (Å²) in [5.41, 5.74) is 1.44. The first-order valence-corrected chi connectivity index (χ1v) is 7.24. The van der Waals surface area contributed by atoms with Gasteiger partial charge in [-0.3, -0.25) is 0 Å². The van der Waals surface area contributed by atoms with Crippen molar-refractivity contribution in [1.29, 1.82) is 0 Å². The maximum Gasteiger partial charge on any atom is 0.219 e. The molecule has 0 fully saturated rings. The van der Waals surface area contributed by atoms with Crippen LogP contribution in [0.2, 0.25) is 0 Å². The van der Waals surface area contributed by atoms with Gasteiger partial charge in [0.25, 0.3) is 0 Å². The third kappa shape index (κ3) is 3.84. The molecular formula is C13H17NO3S.